The van der Waals surface area contributed by atoms with Gasteiger partial charge in [0.1, 0.15) is 30.3 Å². The number of nitrogens with zero attached hydrogens (tertiary/aromatic N) is 5. The minimum atomic E-state index is -4.14. The number of benzene rings is 1. The second-order valence-electron chi connectivity index (χ2n) is 10.6. The van der Waals surface area contributed by atoms with E-state index in [2.05, 4.69) is 20.2 Å². The van der Waals surface area contributed by atoms with Crippen molar-refractivity contribution in [3.63, 3.8) is 0 Å². The average Bonchev–Trinajstić information content (AvgIpc) is 3.52. The number of hydrogen-bond donors (Lipinski definition) is 4. The maximum atomic E-state index is 16.3. The van der Waals surface area contributed by atoms with Crippen molar-refractivity contribution < 1.29 is 37.7 Å². The van der Waals surface area contributed by atoms with Gasteiger partial charge in [-0.1, -0.05) is 42.1 Å². The normalized spacial score (nSPS) is 25.4. The Bertz CT molecular complexity index is 1540. The molecule has 1 saturated heterocycles. The van der Waals surface area contributed by atoms with Gasteiger partial charge < -0.3 is 20.7 Å². The Morgan fingerprint density at radius 2 is 2.07 bits per heavy atom. The number of aliphatic hydroxyl groups is 2. The fraction of sp³-hybridized carbons (Fsp3) is 0.500. The molecule has 0 aliphatic carbocycles. The molecule has 4 rings (SSSR count). The zero-order valence-electron chi connectivity index (χ0n) is 23.7. The summed E-state index contributed by atoms with van der Waals surface area (Å²) in [5.41, 5.74) is 0.441. The molecule has 0 saturated carbocycles. The van der Waals surface area contributed by atoms with Crippen LogP contribution in [0.15, 0.2) is 42.9 Å². The number of ether oxygens (including phenoxy) is 1. The van der Waals surface area contributed by atoms with Gasteiger partial charge in [-0.05, 0) is 26.3 Å². The highest BCUT2D eigenvalue weighted by atomic mass is 32.2. The molecule has 17 heteroatoms. The molecule has 0 spiro atoms. The molecular weight excluding hydrogens is 604 g/mol. The number of anilines is 1. The Morgan fingerprint density at radius 3 is 2.74 bits per heavy atom. The van der Waals surface area contributed by atoms with E-state index in [1.54, 1.807) is 38.1 Å². The lowest BCUT2D eigenvalue weighted by molar-refractivity contribution is -0.119. The van der Waals surface area contributed by atoms with Crippen molar-refractivity contribution in [1.82, 2.24) is 24.7 Å². The van der Waals surface area contributed by atoms with Crippen LogP contribution in [0.3, 0.4) is 0 Å². The largest absolute Gasteiger partial charge is 0.405 e. The lowest BCUT2D eigenvalue weighted by Gasteiger charge is -2.30. The van der Waals surface area contributed by atoms with Crippen molar-refractivity contribution in [2.45, 2.75) is 50.8 Å². The number of thioether (sulfide) groups is 1. The predicted molar refractivity (Wildman–Crippen MR) is 154 cm³/mol. The number of hydrogen-bond acceptors (Lipinski definition) is 13. The van der Waals surface area contributed by atoms with Crippen molar-refractivity contribution in [2.75, 3.05) is 31.3 Å². The number of halogens is 1. The number of imidazole rings is 1. The van der Waals surface area contributed by atoms with Crippen LogP contribution in [0.4, 0.5) is 10.2 Å². The predicted octanol–water partition coefficient (Wildman–Crippen LogP) is 2.12. The van der Waals surface area contributed by atoms with E-state index in [1.165, 1.54) is 0 Å². The molecule has 0 bridgehead atoms. The maximum Gasteiger partial charge on any atom is 0.405 e. The standard InChI is InChI=1S/C26H33FN7O7PS/c1-24(2,15-35)23(37)43-10-9-39-42(38,33-11-17-7-5-4-6-8-17)40-13-18-20(36)25(3,27)26(14-28,41-18)19-12-30-22-21(29)31-16-32-34(19)22/h4-8,12,16,18,20,35-36H,9-11,13,15H2,1-3H3,(H,33,38)(H2,29,31,32)/t18-,20-,25-,26+,42?/m1/s1. The van der Waals surface area contributed by atoms with Crippen molar-refractivity contribution in [3.8, 4) is 6.07 Å². The molecule has 5 atom stereocenters. The molecule has 1 aromatic carbocycles. The van der Waals surface area contributed by atoms with Gasteiger partial charge in [0, 0.05) is 12.3 Å². The summed E-state index contributed by atoms with van der Waals surface area (Å²) in [4.78, 5) is 20.2. The van der Waals surface area contributed by atoms with E-state index in [4.69, 9.17) is 19.5 Å². The number of nitriles is 1. The number of carbonyl (C=O) groups excluding carboxylic acids is 1. The molecule has 1 aliphatic heterocycles. The van der Waals surface area contributed by atoms with E-state index in [0.717, 1.165) is 41.3 Å². The summed E-state index contributed by atoms with van der Waals surface area (Å²) in [5, 5.41) is 37.0. The number of alkyl halides is 1. The topological polar surface area (TPSA) is 207 Å². The number of rotatable bonds is 13. The summed E-state index contributed by atoms with van der Waals surface area (Å²) in [6.07, 6.45) is -1.13. The second kappa shape index (κ2) is 12.9. The third-order valence-electron chi connectivity index (χ3n) is 7.03. The first-order chi connectivity index (χ1) is 20.3. The van der Waals surface area contributed by atoms with Gasteiger partial charge in [-0.3, -0.25) is 13.8 Å². The maximum absolute atomic E-state index is 16.3. The van der Waals surface area contributed by atoms with E-state index in [9.17, 15) is 24.8 Å². The van der Waals surface area contributed by atoms with Gasteiger partial charge in [-0.15, -0.1) is 0 Å². The van der Waals surface area contributed by atoms with E-state index in [1.807, 2.05) is 12.1 Å². The number of aromatic nitrogens is 4. The van der Waals surface area contributed by atoms with E-state index in [0.29, 0.717) is 0 Å². The Hall–Kier alpha value is -3.00. The molecule has 0 amide bonds. The van der Waals surface area contributed by atoms with E-state index >= 15 is 4.39 Å². The molecule has 3 aromatic rings. The van der Waals surface area contributed by atoms with Crippen LogP contribution in [-0.2, 0) is 35.3 Å². The first-order valence-electron chi connectivity index (χ1n) is 13.2. The van der Waals surface area contributed by atoms with Gasteiger partial charge in [0.05, 0.1) is 31.4 Å². The molecule has 232 valence electrons. The van der Waals surface area contributed by atoms with Gasteiger partial charge in [0.25, 0.3) is 0 Å². The third-order valence-corrected chi connectivity index (χ3v) is 9.77. The fourth-order valence-corrected chi connectivity index (χ4v) is 6.54. The number of nitrogens with one attached hydrogen (secondary N) is 1. The SMILES string of the molecule is CC(C)(CO)C(=O)SCCOP(=O)(NCc1ccccc1)OC[C@H]1O[C@@](C#N)(c2cnc3c(N)ncnn23)[C@](C)(F)[C@@H]1O. The van der Waals surface area contributed by atoms with Gasteiger partial charge in [-0.2, -0.15) is 10.4 Å². The molecule has 14 nitrogen and oxygen atoms in total. The second-order valence-corrected chi connectivity index (χ2v) is 13.5. The van der Waals surface area contributed by atoms with Crippen molar-refractivity contribution in [1.29, 1.82) is 5.26 Å². The number of nitrogen functional groups attached to an aromatic ring is 1. The summed E-state index contributed by atoms with van der Waals surface area (Å²) >= 11 is 0.903. The summed E-state index contributed by atoms with van der Waals surface area (Å²) in [5.74, 6) is 0.0839. The van der Waals surface area contributed by atoms with Crippen molar-refractivity contribution in [3.05, 3.63) is 54.1 Å². The Kier molecular flexibility index (Phi) is 9.89. The number of carbonyl (C=O) groups is 1. The molecule has 43 heavy (non-hydrogen) atoms. The molecule has 5 N–H and O–H groups in total. The van der Waals surface area contributed by atoms with Gasteiger partial charge >= 0.3 is 7.75 Å². The highest BCUT2D eigenvalue weighted by molar-refractivity contribution is 8.13. The van der Waals surface area contributed by atoms with Crippen LogP contribution in [0, 0.1) is 16.7 Å². The molecule has 1 fully saturated rings. The Balaban J connectivity index is 1.51. The van der Waals surface area contributed by atoms with Crippen LogP contribution in [0.25, 0.3) is 5.65 Å². The number of nitrogens with two attached hydrogens (primary N) is 1. The lowest BCUT2D eigenvalue weighted by atomic mass is 9.82. The first-order valence-corrected chi connectivity index (χ1v) is 15.7. The number of fused-ring (bicyclic) bond motifs is 1. The molecule has 3 heterocycles. The van der Waals surface area contributed by atoms with E-state index in [-0.39, 0.29) is 47.8 Å². The van der Waals surface area contributed by atoms with Crippen LogP contribution in [0.5, 0.6) is 0 Å². The van der Waals surface area contributed by atoms with Crippen LogP contribution in [0.2, 0.25) is 0 Å². The fourth-order valence-electron chi connectivity index (χ4n) is 4.30. The van der Waals surface area contributed by atoms with Crippen LogP contribution in [0.1, 0.15) is 32.0 Å². The first kappa shape index (κ1) is 32.9. The molecular formula is C26H33FN7O7PS. The van der Waals surface area contributed by atoms with Gasteiger partial charge in [0.2, 0.25) is 5.60 Å². The molecule has 1 unspecified atom stereocenters. The lowest BCUT2D eigenvalue weighted by Crippen LogP contribution is -2.48. The summed E-state index contributed by atoms with van der Waals surface area (Å²) in [7, 11) is -4.14. The third kappa shape index (κ3) is 6.59. The van der Waals surface area contributed by atoms with Gasteiger partial charge in [0.15, 0.2) is 22.2 Å². The minimum Gasteiger partial charge on any atom is -0.395 e. The molecule has 0 radical (unpaired) electrons. The highest BCUT2D eigenvalue weighted by Crippen LogP contribution is 2.51. The molecule has 2 aromatic heterocycles. The zero-order chi connectivity index (χ0) is 31.5. The molecule has 1 aliphatic rings. The monoisotopic (exact) mass is 637 g/mol. The Labute approximate surface area is 251 Å². The van der Waals surface area contributed by atoms with Crippen molar-refractivity contribution in [2.24, 2.45) is 5.41 Å². The Morgan fingerprint density at radius 1 is 1.35 bits per heavy atom. The zero-order valence-corrected chi connectivity index (χ0v) is 25.4. The summed E-state index contributed by atoms with van der Waals surface area (Å²) in [6, 6.07) is 10.8. The van der Waals surface area contributed by atoms with Gasteiger partial charge in [-0.25, -0.2) is 28.5 Å². The average molecular weight is 638 g/mol. The summed E-state index contributed by atoms with van der Waals surface area (Å²) in [6.45, 7) is 3.10. The summed E-state index contributed by atoms with van der Waals surface area (Å²) < 4.78 is 48.1. The quantitative estimate of drug-likeness (QED) is 0.156. The highest BCUT2D eigenvalue weighted by Gasteiger charge is 2.67. The number of aliphatic hydroxyl groups excluding tert-OH is 2. The smallest absolute Gasteiger partial charge is 0.395 e. The minimum absolute atomic E-state index is 0.0179. The van der Waals surface area contributed by atoms with E-state index < -0.39 is 43.2 Å². The van der Waals surface area contributed by atoms with Crippen LogP contribution in [-0.4, -0.2) is 78.4 Å². The van der Waals surface area contributed by atoms with Crippen LogP contribution < -0.4 is 10.8 Å². The van der Waals surface area contributed by atoms with Crippen molar-refractivity contribution >= 4 is 36.1 Å². The van der Waals surface area contributed by atoms with Crippen LogP contribution >= 0.6 is 19.5 Å².